The third-order valence-electron chi connectivity index (χ3n) is 3.15. The summed E-state index contributed by atoms with van der Waals surface area (Å²) in [4.78, 5) is 2.19. The predicted octanol–water partition coefficient (Wildman–Crippen LogP) is 3.75. The fraction of sp³-hybridized carbons (Fsp3) is 0.538. The van der Waals surface area contributed by atoms with Gasteiger partial charge in [-0.3, -0.25) is 0 Å². The summed E-state index contributed by atoms with van der Waals surface area (Å²) >= 11 is 7.95. The first-order chi connectivity index (χ1) is 7.95. The van der Waals surface area contributed by atoms with Crippen molar-refractivity contribution in [3.8, 4) is 5.75 Å². The van der Waals surface area contributed by atoms with Crippen LogP contribution >= 0.6 is 28.6 Å². The SMILES string of the molecule is COc1c(C)c(C)c(Br)c(C)c1N(C)CCS. The molecule has 0 amide bonds. The van der Waals surface area contributed by atoms with Crippen molar-refractivity contribution >= 4 is 34.2 Å². The molecule has 1 rings (SSSR count). The van der Waals surface area contributed by atoms with E-state index in [4.69, 9.17) is 4.74 Å². The van der Waals surface area contributed by atoms with E-state index in [1.807, 2.05) is 0 Å². The van der Waals surface area contributed by atoms with Crippen LogP contribution in [0.4, 0.5) is 5.69 Å². The quantitative estimate of drug-likeness (QED) is 0.849. The van der Waals surface area contributed by atoms with Gasteiger partial charge in [0, 0.05) is 23.8 Å². The molecule has 0 N–H and O–H groups in total. The number of hydrogen-bond donors (Lipinski definition) is 1. The van der Waals surface area contributed by atoms with Crippen LogP contribution in [-0.4, -0.2) is 26.5 Å². The number of hydrogen-bond acceptors (Lipinski definition) is 3. The first kappa shape index (κ1) is 14.7. The molecule has 0 bridgehead atoms. The number of rotatable bonds is 4. The van der Waals surface area contributed by atoms with Crippen LogP contribution in [0.25, 0.3) is 0 Å². The highest BCUT2D eigenvalue weighted by molar-refractivity contribution is 9.10. The van der Waals surface area contributed by atoms with E-state index in [0.717, 1.165) is 28.2 Å². The molecule has 0 saturated heterocycles. The van der Waals surface area contributed by atoms with Crippen LogP contribution in [-0.2, 0) is 0 Å². The van der Waals surface area contributed by atoms with Gasteiger partial charge in [0.05, 0.1) is 12.8 Å². The molecule has 0 aliphatic heterocycles. The van der Waals surface area contributed by atoms with Gasteiger partial charge in [-0.15, -0.1) is 0 Å². The summed E-state index contributed by atoms with van der Waals surface area (Å²) in [5, 5.41) is 0. The summed E-state index contributed by atoms with van der Waals surface area (Å²) in [7, 11) is 3.80. The summed E-state index contributed by atoms with van der Waals surface area (Å²) in [5.74, 6) is 1.79. The molecule has 17 heavy (non-hydrogen) atoms. The van der Waals surface area contributed by atoms with E-state index in [0.29, 0.717) is 0 Å². The van der Waals surface area contributed by atoms with Crippen LogP contribution in [0.5, 0.6) is 5.75 Å². The summed E-state index contributed by atoms with van der Waals surface area (Å²) in [6.45, 7) is 7.21. The predicted molar refractivity (Wildman–Crippen MR) is 82.0 cm³/mol. The largest absolute Gasteiger partial charge is 0.494 e. The number of anilines is 1. The number of ether oxygens (including phenoxy) is 1. The molecule has 2 nitrogen and oxygen atoms in total. The smallest absolute Gasteiger partial charge is 0.145 e. The molecular formula is C13H20BrNOS. The van der Waals surface area contributed by atoms with Crippen molar-refractivity contribution in [2.24, 2.45) is 0 Å². The maximum Gasteiger partial charge on any atom is 0.145 e. The van der Waals surface area contributed by atoms with Crippen molar-refractivity contribution < 1.29 is 4.74 Å². The molecule has 4 heteroatoms. The Morgan fingerprint density at radius 1 is 1.18 bits per heavy atom. The summed E-state index contributed by atoms with van der Waals surface area (Å²) in [5.41, 5.74) is 4.79. The van der Waals surface area contributed by atoms with Gasteiger partial charge in [-0.05, 0) is 37.5 Å². The van der Waals surface area contributed by atoms with Gasteiger partial charge in [0.25, 0.3) is 0 Å². The molecule has 0 radical (unpaired) electrons. The van der Waals surface area contributed by atoms with Crippen molar-refractivity contribution in [3.05, 3.63) is 21.2 Å². The summed E-state index contributed by atoms with van der Waals surface area (Å²) < 4.78 is 6.74. The van der Waals surface area contributed by atoms with Crippen molar-refractivity contribution in [1.82, 2.24) is 0 Å². The van der Waals surface area contributed by atoms with Gasteiger partial charge >= 0.3 is 0 Å². The molecule has 1 aromatic carbocycles. The summed E-state index contributed by atoms with van der Waals surface area (Å²) in [6, 6.07) is 0. The zero-order chi connectivity index (χ0) is 13.2. The molecule has 0 heterocycles. The fourth-order valence-electron chi connectivity index (χ4n) is 2.04. The van der Waals surface area contributed by atoms with Crippen LogP contribution < -0.4 is 9.64 Å². The maximum atomic E-state index is 5.57. The van der Waals surface area contributed by atoms with Gasteiger partial charge in [-0.2, -0.15) is 12.6 Å². The second-order valence-corrected chi connectivity index (χ2v) is 5.46. The van der Waals surface area contributed by atoms with Gasteiger partial charge in [0.2, 0.25) is 0 Å². The molecular weight excluding hydrogens is 298 g/mol. The number of nitrogens with zero attached hydrogens (tertiary/aromatic N) is 1. The molecule has 0 spiro atoms. The maximum absolute atomic E-state index is 5.57. The van der Waals surface area contributed by atoms with Crippen LogP contribution in [0, 0.1) is 20.8 Å². The van der Waals surface area contributed by atoms with E-state index in [-0.39, 0.29) is 0 Å². The highest BCUT2D eigenvalue weighted by Gasteiger charge is 2.19. The Labute approximate surface area is 118 Å². The van der Waals surface area contributed by atoms with Gasteiger partial charge in [-0.25, -0.2) is 0 Å². The second kappa shape index (κ2) is 6.01. The number of benzene rings is 1. The third-order valence-corrected chi connectivity index (χ3v) is 4.54. The minimum absolute atomic E-state index is 0.823. The van der Waals surface area contributed by atoms with E-state index in [2.05, 4.69) is 61.3 Å². The first-order valence-corrected chi connectivity index (χ1v) is 7.03. The Bertz CT molecular complexity index is 421. The third kappa shape index (κ3) is 2.74. The van der Waals surface area contributed by atoms with Crippen molar-refractivity contribution in [3.63, 3.8) is 0 Å². The molecule has 0 saturated carbocycles. The lowest BCUT2D eigenvalue weighted by molar-refractivity contribution is 0.411. The molecule has 1 aromatic rings. The zero-order valence-corrected chi connectivity index (χ0v) is 13.6. The molecule has 0 unspecified atom stereocenters. The van der Waals surface area contributed by atoms with Crippen LogP contribution in [0.1, 0.15) is 16.7 Å². The topological polar surface area (TPSA) is 12.5 Å². The lowest BCUT2D eigenvalue weighted by atomic mass is 10.0. The van der Waals surface area contributed by atoms with E-state index >= 15 is 0 Å². The molecule has 0 aromatic heterocycles. The Kier molecular flexibility index (Phi) is 5.20. The van der Waals surface area contributed by atoms with E-state index in [1.165, 1.54) is 16.7 Å². The van der Waals surface area contributed by atoms with E-state index in [1.54, 1.807) is 7.11 Å². The Morgan fingerprint density at radius 2 is 1.76 bits per heavy atom. The normalized spacial score (nSPS) is 10.5. The molecule has 0 aliphatic carbocycles. The van der Waals surface area contributed by atoms with Gasteiger partial charge in [-0.1, -0.05) is 15.9 Å². The Balaban J connectivity index is 3.46. The van der Waals surface area contributed by atoms with Crippen LogP contribution in [0.2, 0.25) is 0 Å². The number of methoxy groups -OCH3 is 1. The van der Waals surface area contributed by atoms with Crippen LogP contribution in [0.3, 0.4) is 0 Å². The second-order valence-electron chi connectivity index (χ2n) is 4.22. The lowest BCUT2D eigenvalue weighted by Crippen LogP contribution is -2.22. The Hall–Kier alpha value is -0.350. The minimum Gasteiger partial charge on any atom is -0.494 e. The van der Waals surface area contributed by atoms with E-state index < -0.39 is 0 Å². The number of thiol groups is 1. The molecule has 0 atom stereocenters. The highest BCUT2D eigenvalue weighted by atomic mass is 79.9. The van der Waals surface area contributed by atoms with Crippen molar-refractivity contribution in [1.29, 1.82) is 0 Å². The lowest BCUT2D eigenvalue weighted by Gasteiger charge is -2.26. The van der Waals surface area contributed by atoms with Crippen molar-refractivity contribution in [2.75, 3.05) is 31.4 Å². The number of halogens is 1. The fourth-order valence-corrected chi connectivity index (χ4v) is 2.82. The summed E-state index contributed by atoms with van der Waals surface area (Å²) in [6.07, 6.45) is 0. The standard InChI is InChI=1S/C13H20BrNOS/c1-8-9(2)13(16-5)12(10(3)11(8)14)15(4)6-7-17/h17H,6-7H2,1-5H3. The average molecular weight is 318 g/mol. The first-order valence-electron chi connectivity index (χ1n) is 5.60. The monoisotopic (exact) mass is 317 g/mol. The van der Waals surface area contributed by atoms with E-state index in [9.17, 15) is 0 Å². The zero-order valence-electron chi connectivity index (χ0n) is 11.1. The molecule has 96 valence electrons. The average Bonchev–Trinajstić information content (AvgIpc) is 2.31. The van der Waals surface area contributed by atoms with Gasteiger partial charge < -0.3 is 9.64 Å². The van der Waals surface area contributed by atoms with Crippen molar-refractivity contribution in [2.45, 2.75) is 20.8 Å². The van der Waals surface area contributed by atoms with Crippen LogP contribution in [0.15, 0.2) is 4.47 Å². The Morgan fingerprint density at radius 3 is 2.24 bits per heavy atom. The van der Waals surface area contributed by atoms with Gasteiger partial charge in [0.15, 0.2) is 0 Å². The molecule has 0 fully saturated rings. The highest BCUT2D eigenvalue weighted by Crippen LogP contribution is 2.41. The molecule has 0 aliphatic rings. The minimum atomic E-state index is 0.823. The van der Waals surface area contributed by atoms with Gasteiger partial charge in [0.1, 0.15) is 5.75 Å².